The molecule has 114 valence electrons. The minimum atomic E-state index is 0.353. The fourth-order valence-corrected chi connectivity index (χ4v) is 2.71. The van der Waals surface area contributed by atoms with Gasteiger partial charge in [0.05, 0.1) is 6.10 Å². The Morgan fingerprint density at radius 1 is 1.33 bits per heavy atom. The van der Waals surface area contributed by atoms with Crippen molar-refractivity contribution in [2.45, 2.75) is 32.3 Å². The smallest absolute Gasteiger partial charge is 0.245 e. The second kappa shape index (κ2) is 6.41. The number of hydrogen-bond donors (Lipinski definition) is 1. The molecule has 1 aliphatic rings. The summed E-state index contributed by atoms with van der Waals surface area (Å²) in [7, 11) is 0. The van der Waals surface area contributed by atoms with Crippen molar-refractivity contribution in [3.63, 3.8) is 0 Å². The minimum Gasteiger partial charge on any atom is -0.378 e. The molecule has 0 saturated carbocycles. The van der Waals surface area contributed by atoms with Crippen LogP contribution in [0.2, 0.25) is 0 Å². The molecule has 21 heavy (non-hydrogen) atoms. The molecule has 0 aromatic carbocycles. The summed E-state index contributed by atoms with van der Waals surface area (Å²) in [4.78, 5) is 6.86. The van der Waals surface area contributed by atoms with E-state index in [-0.39, 0.29) is 0 Å². The van der Waals surface area contributed by atoms with Gasteiger partial charge in [-0.1, -0.05) is 6.07 Å². The highest BCUT2D eigenvalue weighted by atomic mass is 16.5. The maximum Gasteiger partial charge on any atom is 0.245 e. The Kier molecular flexibility index (Phi) is 4.36. The molecule has 6 nitrogen and oxygen atoms in total. The predicted octanol–water partition coefficient (Wildman–Crippen LogP) is 1.37. The van der Waals surface area contributed by atoms with E-state index in [1.165, 1.54) is 0 Å². The summed E-state index contributed by atoms with van der Waals surface area (Å²) in [6.45, 7) is 5.41. The van der Waals surface area contributed by atoms with Crippen LogP contribution in [-0.4, -0.2) is 46.9 Å². The normalized spacial score (nSPS) is 16.8. The summed E-state index contributed by atoms with van der Waals surface area (Å²) in [5.41, 5.74) is 7.50. The number of aromatic nitrogens is 3. The third-order valence-corrected chi connectivity index (χ3v) is 3.96. The number of anilines is 1. The zero-order chi connectivity index (χ0) is 14.7. The van der Waals surface area contributed by atoms with Crippen LogP contribution in [0.5, 0.6) is 0 Å². The van der Waals surface area contributed by atoms with E-state index in [1.807, 2.05) is 29.6 Å². The van der Waals surface area contributed by atoms with Crippen LogP contribution in [0.1, 0.15) is 25.0 Å². The first-order chi connectivity index (χ1) is 10.3. The Morgan fingerprint density at radius 2 is 2.14 bits per heavy atom. The molecule has 0 unspecified atom stereocenters. The second-order valence-corrected chi connectivity index (χ2v) is 5.55. The molecule has 1 saturated heterocycles. The van der Waals surface area contributed by atoms with Crippen LogP contribution in [0.4, 0.5) is 5.95 Å². The van der Waals surface area contributed by atoms with Gasteiger partial charge in [0.2, 0.25) is 5.95 Å². The Bertz CT molecular complexity index is 589. The highest BCUT2D eigenvalue weighted by Crippen LogP contribution is 2.19. The van der Waals surface area contributed by atoms with Crippen molar-refractivity contribution in [3.05, 3.63) is 23.9 Å². The molecule has 0 radical (unpaired) electrons. The Labute approximate surface area is 124 Å². The lowest BCUT2D eigenvalue weighted by Gasteiger charge is -2.31. The lowest BCUT2D eigenvalue weighted by atomic mass is 10.1. The third-order valence-electron chi connectivity index (χ3n) is 3.96. The van der Waals surface area contributed by atoms with E-state index in [9.17, 15) is 0 Å². The van der Waals surface area contributed by atoms with E-state index in [1.54, 1.807) is 0 Å². The zero-order valence-corrected chi connectivity index (χ0v) is 12.5. The summed E-state index contributed by atoms with van der Waals surface area (Å²) < 4.78 is 7.73. The number of piperidine rings is 1. The summed E-state index contributed by atoms with van der Waals surface area (Å²) in [5.74, 6) is 0.824. The van der Waals surface area contributed by atoms with Crippen molar-refractivity contribution in [1.82, 2.24) is 14.6 Å². The standard InChI is InChI=1S/C15H23N5O/c1-12-4-2-5-14-17-15(18-20(12)14)19-9-6-13(7-10-19)21-11-3-8-16/h2,4-5,13H,3,6-11,16H2,1H3. The largest absolute Gasteiger partial charge is 0.378 e. The van der Waals surface area contributed by atoms with Crippen molar-refractivity contribution in [3.8, 4) is 0 Å². The van der Waals surface area contributed by atoms with E-state index in [2.05, 4.69) is 15.0 Å². The predicted molar refractivity (Wildman–Crippen MR) is 82.6 cm³/mol. The first-order valence-corrected chi connectivity index (χ1v) is 7.67. The van der Waals surface area contributed by atoms with E-state index < -0.39 is 0 Å². The highest BCUT2D eigenvalue weighted by Gasteiger charge is 2.22. The molecule has 2 N–H and O–H groups in total. The lowest BCUT2D eigenvalue weighted by Crippen LogP contribution is -2.37. The summed E-state index contributed by atoms with van der Waals surface area (Å²) >= 11 is 0. The first-order valence-electron chi connectivity index (χ1n) is 7.67. The van der Waals surface area contributed by atoms with Crippen LogP contribution >= 0.6 is 0 Å². The van der Waals surface area contributed by atoms with Gasteiger partial charge in [0, 0.05) is 25.4 Å². The van der Waals surface area contributed by atoms with Crippen molar-refractivity contribution in [2.75, 3.05) is 31.1 Å². The van der Waals surface area contributed by atoms with Gasteiger partial charge in [0.1, 0.15) is 0 Å². The number of nitrogens with zero attached hydrogens (tertiary/aromatic N) is 4. The fraction of sp³-hybridized carbons (Fsp3) is 0.600. The van der Waals surface area contributed by atoms with Crippen molar-refractivity contribution >= 4 is 11.6 Å². The van der Waals surface area contributed by atoms with Gasteiger partial charge >= 0.3 is 0 Å². The van der Waals surface area contributed by atoms with Crippen LogP contribution < -0.4 is 10.6 Å². The van der Waals surface area contributed by atoms with Gasteiger partial charge in [-0.2, -0.15) is 4.98 Å². The maximum atomic E-state index is 5.83. The summed E-state index contributed by atoms with van der Waals surface area (Å²) in [5, 5.41) is 4.61. The summed E-state index contributed by atoms with van der Waals surface area (Å²) in [6.07, 6.45) is 3.35. The van der Waals surface area contributed by atoms with Crippen LogP contribution in [0, 0.1) is 6.92 Å². The number of ether oxygens (including phenoxy) is 1. The van der Waals surface area contributed by atoms with Crippen LogP contribution in [0.15, 0.2) is 18.2 Å². The SMILES string of the molecule is Cc1cccc2nc(N3CCC(OCCCN)CC3)nn12. The Hall–Kier alpha value is -1.66. The van der Waals surface area contributed by atoms with Gasteiger partial charge in [-0.3, -0.25) is 0 Å². The third kappa shape index (κ3) is 3.16. The van der Waals surface area contributed by atoms with E-state index >= 15 is 0 Å². The second-order valence-electron chi connectivity index (χ2n) is 5.55. The Morgan fingerprint density at radius 3 is 2.86 bits per heavy atom. The first kappa shape index (κ1) is 14.3. The molecule has 0 aliphatic carbocycles. The van der Waals surface area contributed by atoms with E-state index in [0.717, 1.165) is 56.2 Å². The van der Waals surface area contributed by atoms with Gasteiger partial charge in [0.15, 0.2) is 5.65 Å². The zero-order valence-electron chi connectivity index (χ0n) is 12.5. The average Bonchev–Trinajstić information content (AvgIpc) is 2.94. The molecule has 1 aliphatic heterocycles. The van der Waals surface area contributed by atoms with Gasteiger partial charge in [-0.15, -0.1) is 5.10 Å². The average molecular weight is 289 g/mol. The van der Waals surface area contributed by atoms with Gasteiger partial charge in [-0.25, -0.2) is 4.52 Å². The molecule has 3 heterocycles. The lowest BCUT2D eigenvalue weighted by molar-refractivity contribution is 0.0365. The van der Waals surface area contributed by atoms with Crippen molar-refractivity contribution < 1.29 is 4.74 Å². The molecule has 0 atom stereocenters. The van der Waals surface area contributed by atoms with Crippen molar-refractivity contribution in [2.24, 2.45) is 5.73 Å². The topological polar surface area (TPSA) is 68.7 Å². The molecule has 2 aromatic rings. The number of hydrogen-bond acceptors (Lipinski definition) is 5. The molecular weight excluding hydrogens is 266 g/mol. The van der Waals surface area contributed by atoms with Crippen LogP contribution in [0.25, 0.3) is 5.65 Å². The van der Waals surface area contributed by atoms with Gasteiger partial charge < -0.3 is 15.4 Å². The molecular formula is C15H23N5O. The number of fused-ring (bicyclic) bond motifs is 1. The van der Waals surface area contributed by atoms with Gasteiger partial charge in [0.25, 0.3) is 0 Å². The van der Waals surface area contributed by atoms with Gasteiger partial charge in [-0.05, 0) is 44.9 Å². The van der Waals surface area contributed by atoms with Crippen molar-refractivity contribution in [1.29, 1.82) is 0 Å². The maximum absolute atomic E-state index is 5.83. The fourth-order valence-electron chi connectivity index (χ4n) is 2.71. The Balaban J connectivity index is 1.62. The molecule has 3 rings (SSSR count). The summed E-state index contributed by atoms with van der Waals surface area (Å²) in [6, 6.07) is 6.05. The molecule has 1 fully saturated rings. The number of rotatable bonds is 5. The molecule has 0 bridgehead atoms. The quantitative estimate of drug-likeness (QED) is 0.842. The monoisotopic (exact) mass is 289 g/mol. The number of nitrogens with two attached hydrogens (primary N) is 1. The molecule has 2 aromatic heterocycles. The molecule has 0 spiro atoms. The molecule has 0 amide bonds. The molecule has 6 heteroatoms. The van der Waals surface area contributed by atoms with Crippen LogP contribution in [0.3, 0.4) is 0 Å². The number of pyridine rings is 1. The van der Waals surface area contributed by atoms with E-state index in [4.69, 9.17) is 10.5 Å². The number of aryl methyl sites for hydroxylation is 1. The highest BCUT2D eigenvalue weighted by molar-refractivity contribution is 5.45. The van der Waals surface area contributed by atoms with E-state index in [0.29, 0.717) is 12.6 Å². The van der Waals surface area contributed by atoms with Crippen LogP contribution in [-0.2, 0) is 4.74 Å². The minimum absolute atomic E-state index is 0.353.